The van der Waals surface area contributed by atoms with Crippen LogP contribution in [0.5, 0.6) is 11.5 Å². The zero-order chi connectivity index (χ0) is 23.5. The number of fused-ring (bicyclic) bond motifs is 1. The Balaban J connectivity index is 1.46. The van der Waals surface area contributed by atoms with Crippen molar-refractivity contribution in [1.29, 1.82) is 0 Å². The number of allylic oxidation sites excluding steroid dienone is 1. The first-order chi connectivity index (χ1) is 15.8. The molecule has 0 spiro atoms. The summed E-state index contributed by atoms with van der Waals surface area (Å²) in [5.74, 6) is -0.0232. The van der Waals surface area contributed by atoms with Crippen LogP contribution in [0.1, 0.15) is 44.0 Å². The molecule has 0 unspecified atom stereocenters. The van der Waals surface area contributed by atoms with Crippen LogP contribution in [0.4, 0.5) is 0 Å². The summed E-state index contributed by atoms with van der Waals surface area (Å²) in [6, 6.07) is 11.2. The van der Waals surface area contributed by atoms with E-state index in [1.165, 1.54) is 19.2 Å². The van der Waals surface area contributed by atoms with E-state index in [-0.39, 0.29) is 28.9 Å². The predicted octanol–water partition coefficient (Wildman–Crippen LogP) is 4.58. The summed E-state index contributed by atoms with van der Waals surface area (Å²) < 4.78 is 20.8. The van der Waals surface area contributed by atoms with Crippen LogP contribution < -0.4 is 9.47 Å². The lowest BCUT2D eigenvalue weighted by Crippen LogP contribution is -2.09. The first-order valence-corrected chi connectivity index (χ1v) is 10.3. The standard InChI is InChI=1S/C24H18ClNO7/c1-13-9-17(31-21(27)8-7-16-12-20(25)26-33-16)11-18-22(13)23(28)19(32-18)10-14-3-5-15(6-4-14)24(29)30-2/h3-6,9-12H,7-8H2,1-2H3/b19-10-. The second kappa shape index (κ2) is 9.30. The lowest BCUT2D eigenvalue weighted by Gasteiger charge is -2.07. The van der Waals surface area contributed by atoms with Crippen molar-refractivity contribution < 1.29 is 33.1 Å². The van der Waals surface area contributed by atoms with E-state index in [9.17, 15) is 14.4 Å². The maximum absolute atomic E-state index is 12.8. The fraction of sp³-hybridized carbons (Fsp3) is 0.167. The summed E-state index contributed by atoms with van der Waals surface area (Å²) in [4.78, 5) is 36.6. The minimum Gasteiger partial charge on any atom is -0.465 e. The number of rotatable bonds is 6. The fourth-order valence-corrected chi connectivity index (χ4v) is 3.49. The molecular formula is C24H18ClNO7. The number of halogens is 1. The quantitative estimate of drug-likeness (QED) is 0.295. The van der Waals surface area contributed by atoms with Crippen LogP contribution in [0.3, 0.4) is 0 Å². The number of hydrogen-bond donors (Lipinski definition) is 0. The van der Waals surface area contributed by atoms with Crippen LogP contribution in [0, 0.1) is 6.92 Å². The van der Waals surface area contributed by atoms with Crippen molar-refractivity contribution >= 4 is 35.4 Å². The predicted molar refractivity (Wildman–Crippen MR) is 117 cm³/mol. The van der Waals surface area contributed by atoms with Crippen molar-refractivity contribution in [1.82, 2.24) is 5.16 Å². The number of hydrogen-bond acceptors (Lipinski definition) is 8. The maximum atomic E-state index is 12.8. The molecule has 1 aromatic heterocycles. The number of carbonyl (C=O) groups excluding carboxylic acids is 3. The van der Waals surface area contributed by atoms with Crippen LogP contribution in [-0.4, -0.2) is 30.0 Å². The zero-order valence-electron chi connectivity index (χ0n) is 17.7. The summed E-state index contributed by atoms with van der Waals surface area (Å²) in [5.41, 5.74) is 2.10. The van der Waals surface area contributed by atoms with E-state index in [1.807, 2.05) is 0 Å². The van der Waals surface area contributed by atoms with E-state index in [0.717, 1.165) is 0 Å². The monoisotopic (exact) mass is 467 g/mol. The van der Waals surface area contributed by atoms with Crippen molar-refractivity contribution in [2.24, 2.45) is 0 Å². The topological polar surface area (TPSA) is 105 Å². The van der Waals surface area contributed by atoms with Gasteiger partial charge in [0.05, 0.1) is 24.7 Å². The number of esters is 2. The number of aryl methyl sites for hydroxylation is 2. The largest absolute Gasteiger partial charge is 0.465 e. The van der Waals surface area contributed by atoms with Gasteiger partial charge in [-0.05, 0) is 42.3 Å². The molecule has 0 N–H and O–H groups in total. The number of methoxy groups -OCH3 is 1. The van der Waals surface area contributed by atoms with Crippen molar-refractivity contribution in [3.8, 4) is 11.5 Å². The lowest BCUT2D eigenvalue weighted by molar-refractivity contribution is -0.134. The summed E-state index contributed by atoms with van der Waals surface area (Å²) in [6.07, 6.45) is 1.93. The van der Waals surface area contributed by atoms with Crippen LogP contribution in [0.15, 0.2) is 52.7 Å². The number of aromatic nitrogens is 1. The molecule has 9 heteroatoms. The van der Waals surface area contributed by atoms with Gasteiger partial charge in [-0.3, -0.25) is 9.59 Å². The lowest BCUT2D eigenvalue weighted by atomic mass is 10.0. The molecule has 0 saturated heterocycles. The van der Waals surface area contributed by atoms with Gasteiger partial charge in [-0.1, -0.05) is 28.9 Å². The van der Waals surface area contributed by atoms with Crippen LogP contribution in [0.2, 0.25) is 5.15 Å². The van der Waals surface area contributed by atoms with E-state index in [1.54, 1.807) is 43.3 Å². The SMILES string of the molecule is COC(=O)c1ccc(/C=C2\Oc3cc(OC(=O)CCc4cc(Cl)no4)cc(C)c3C2=O)cc1. The smallest absolute Gasteiger partial charge is 0.337 e. The Labute approximate surface area is 193 Å². The highest BCUT2D eigenvalue weighted by atomic mass is 35.5. The second-order valence-corrected chi connectivity index (χ2v) is 7.64. The van der Waals surface area contributed by atoms with E-state index < -0.39 is 11.9 Å². The molecular weight excluding hydrogens is 450 g/mol. The van der Waals surface area contributed by atoms with Crippen LogP contribution in [0.25, 0.3) is 6.08 Å². The Morgan fingerprint density at radius 3 is 2.58 bits per heavy atom. The second-order valence-electron chi connectivity index (χ2n) is 7.26. The van der Waals surface area contributed by atoms with Crippen LogP contribution >= 0.6 is 11.6 Å². The van der Waals surface area contributed by atoms with Gasteiger partial charge >= 0.3 is 11.9 Å². The Bertz CT molecular complexity index is 1270. The minimum absolute atomic E-state index is 0.0637. The molecule has 0 aliphatic carbocycles. The third-order valence-corrected chi connectivity index (χ3v) is 5.09. The Morgan fingerprint density at radius 1 is 1.15 bits per heavy atom. The summed E-state index contributed by atoms with van der Waals surface area (Å²) in [6.45, 7) is 1.74. The molecule has 3 aromatic rings. The fourth-order valence-electron chi connectivity index (χ4n) is 3.33. The number of benzene rings is 2. The molecule has 1 aliphatic heterocycles. The van der Waals surface area contributed by atoms with Crippen molar-refractivity contribution in [3.63, 3.8) is 0 Å². The van der Waals surface area contributed by atoms with Gasteiger partial charge in [-0.15, -0.1) is 0 Å². The highest BCUT2D eigenvalue weighted by molar-refractivity contribution is 6.29. The molecule has 8 nitrogen and oxygen atoms in total. The number of nitrogens with zero attached hydrogens (tertiary/aromatic N) is 1. The average Bonchev–Trinajstić information content (AvgIpc) is 3.35. The Hall–Kier alpha value is -3.91. The molecule has 0 saturated carbocycles. The number of ether oxygens (including phenoxy) is 3. The van der Waals surface area contributed by atoms with Gasteiger partial charge < -0.3 is 18.7 Å². The zero-order valence-corrected chi connectivity index (χ0v) is 18.5. The summed E-state index contributed by atoms with van der Waals surface area (Å²) >= 11 is 5.69. The average molecular weight is 468 g/mol. The summed E-state index contributed by atoms with van der Waals surface area (Å²) in [5, 5.41) is 3.77. The molecule has 2 heterocycles. The van der Waals surface area contributed by atoms with Crippen molar-refractivity contribution in [3.05, 3.63) is 81.4 Å². The highest BCUT2D eigenvalue weighted by Gasteiger charge is 2.30. The minimum atomic E-state index is -0.479. The van der Waals surface area contributed by atoms with Crippen molar-refractivity contribution in [2.75, 3.05) is 7.11 Å². The van der Waals surface area contributed by atoms with Gasteiger partial charge in [0.25, 0.3) is 0 Å². The Morgan fingerprint density at radius 2 is 1.91 bits per heavy atom. The number of ketones is 1. The first kappa shape index (κ1) is 22.3. The molecule has 2 aromatic carbocycles. The van der Waals surface area contributed by atoms with E-state index in [2.05, 4.69) is 9.89 Å². The van der Waals surface area contributed by atoms with E-state index >= 15 is 0 Å². The van der Waals surface area contributed by atoms with Gasteiger partial charge in [0.15, 0.2) is 10.9 Å². The third-order valence-electron chi connectivity index (χ3n) is 4.91. The molecule has 1 aliphatic rings. The van der Waals surface area contributed by atoms with E-state index in [4.69, 9.17) is 25.6 Å². The number of Topliss-reactive ketones (excluding diaryl/α,β-unsaturated/α-hetero) is 1. The summed E-state index contributed by atoms with van der Waals surface area (Å²) in [7, 11) is 1.31. The molecule has 0 fully saturated rings. The van der Waals surface area contributed by atoms with Gasteiger partial charge in [0.1, 0.15) is 17.3 Å². The van der Waals surface area contributed by atoms with Crippen LogP contribution in [-0.2, 0) is 16.0 Å². The molecule has 0 atom stereocenters. The molecule has 168 valence electrons. The van der Waals surface area contributed by atoms with Gasteiger partial charge in [0.2, 0.25) is 5.78 Å². The molecule has 0 bridgehead atoms. The van der Waals surface area contributed by atoms with Gasteiger partial charge in [-0.2, -0.15) is 0 Å². The highest BCUT2D eigenvalue weighted by Crippen LogP contribution is 2.37. The molecule has 0 radical (unpaired) electrons. The van der Waals surface area contributed by atoms with Crippen molar-refractivity contribution in [2.45, 2.75) is 19.8 Å². The van der Waals surface area contributed by atoms with E-state index in [0.29, 0.717) is 40.2 Å². The molecule has 33 heavy (non-hydrogen) atoms. The third kappa shape index (κ3) is 4.96. The molecule has 0 amide bonds. The van der Waals surface area contributed by atoms with Gasteiger partial charge in [-0.25, -0.2) is 4.79 Å². The Kier molecular flexibility index (Phi) is 6.28. The normalized spacial score (nSPS) is 13.5. The van der Waals surface area contributed by atoms with Gasteiger partial charge in [0, 0.05) is 18.6 Å². The molecule has 4 rings (SSSR count). The number of carbonyl (C=O) groups is 3. The first-order valence-electron chi connectivity index (χ1n) is 9.93. The maximum Gasteiger partial charge on any atom is 0.337 e.